The molecule has 0 radical (unpaired) electrons. The third-order valence-electron chi connectivity index (χ3n) is 5.10. The van der Waals surface area contributed by atoms with Crippen molar-refractivity contribution in [2.45, 2.75) is 53.0 Å². The molecule has 1 fully saturated rings. The fourth-order valence-corrected chi connectivity index (χ4v) is 4.11. The summed E-state index contributed by atoms with van der Waals surface area (Å²) in [6.07, 6.45) is 4.09. The van der Waals surface area contributed by atoms with Crippen molar-refractivity contribution >= 4 is 15.9 Å². The smallest absolute Gasteiger partial charge is 0.0351 e. The van der Waals surface area contributed by atoms with E-state index in [9.17, 15) is 0 Å². The molecule has 0 saturated heterocycles. The predicted molar refractivity (Wildman–Crippen MR) is 91.0 cm³/mol. The van der Waals surface area contributed by atoms with Crippen LogP contribution in [0, 0.1) is 24.7 Å². The van der Waals surface area contributed by atoms with E-state index >= 15 is 0 Å². The lowest BCUT2D eigenvalue weighted by molar-refractivity contribution is 0.171. The summed E-state index contributed by atoms with van der Waals surface area (Å²) in [6, 6.07) is 7.24. The fourth-order valence-electron chi connectivity index (χ4n) is 3.63. The van der Waals surface area contributed by atoms with Gasteiger partial charge in [0.05, 0.1) is 0 Å². The van der Waals surface area contributed by atoms with Crippen molar-refractivity contribution in [1.29, 1.82) is 0 Å². The van der Waals surface area contributed by atoms with Gasteiger partial charge in [-0.1, -0.05) is 49.2 Å². The van der Waals surface area contributed by atoms with Crippen LogP contribution in [-0.4, -0.2) is 6.54 Å². The van der Waals surface area contributed by atoms with Gasteiger partial charge in [0.15, 0.2) is 0 Å². The highest BCUT2D eigenvalue weighted by atomic mass is 79.9. The third-order valence-corrected chi connectivity index (χ3v) is 5.59. The highest BCUT2D eigenvalue weighted by Gasteiger charge is 2.31. The number of halogens is 1. The quantitative estimate of drug-likeness (QED) is 0.766. The van der Waals surface area contributed by atoms with Crippen LogP contribution in [0.3, 0.4) is 0 Å². The summed E-state index contributed by atoms with van der Waals surface area (Å²) in [5.41, 5.74) is 2.89. The molecule has 0 amide bonds. The van der Waals surface area contributed by atoms with Crippen LogP contribution in [0.4, 0.5) is 0 Å². The molecular formula is C18H28BrN. The summed E-state index contributed by atoms with van der Waals surface area (Å²) in [6.45, 7) is 10.3. The molecule has 4 unspecified atom stereocenters. The molecule has 0 heterocycles. The van der Waals surface area contributed by atoms with Gasteiger partial charge in [-0.3, -0.25) is 0 Å². The monoisotopic (exact) mass is 337 g/mol. The lowest BCUT2D eigenvalue weighted by Crippen LogP contribution is -2.33. The Bertz CT molecular complexity index is 443. The Labute approximate surface area is 132 Å². The van der Waals surface area contributed by atoms with Crippen molar-refractivity contribution in [3.8, 4) is 0 Å². The van der Waals surface area contributed by atoms with E-state index in [2.05, 4.69) is 67.1 Å². The van der Waals surface area contributed by atoms with E-state index in [-0.39, 0.29) is 0 Å². The van der Waals surface area contributed by atoms with E-state index in [1.165, 1.54) is 34.9 Å². The standard InChI is InChI=1S/C18H28BrN/c1-5-20-18(15-7-6-12(2)13(3)10-15)17-9-8-16(19)11-14(17)4/h8-9,11-13,15,18,20H,5-7,10H2,1-4H3. The lowest BCUT2D eigenvalue weighted by atomic mass is 9.71. The second kappa shape index (κ2) is 7.09. The molecule has 0 aromatic heterocycles. The van der Waals surface area contributed by atoms with Gasteiger partial charge in [-0.05, 0) is 67.3 Å². The lowest BCUT2D eigenvalue weighted by Gasteiger charge is -2.37. The number of nitrogens with one attached hydrogen (secondary N) is 1. The van der Waals surface area contributed by atoms with Crippen molar-refractivity contribution in [3.05, 3.63) is 33.8 Å². The highest BCUT2D eigenvalue weighted by Crippen LogP contribution is 2.40. The molecule has 1 aromatic carbocycles. The minimum Gasteiger partial charge on any atom is -0.310 e. The molecule has 2 rings (SSSR count). The maximum atomic E-state index is 3.75. The van der Waals surface area contributed by atoms with Gasteiger partial charge < -0.3 is 5.32 Å². The topological polar surface area (TPSA) is 12.0 Å². The summed E-state index contributed by atoms with van der Waals surface area (Å²) in [5.74, 6) is 2.52. The zero-order chi connectivity index (χ0) is 14.7. The predicted octanol–water partition coefficient (Wildman–Crippen LogP) is 5.48. The van der Waals surface area contributed by atoms with E-state index in [1.807, 2.05) is 0 Å². The SMILES string of the molecule is CCNC(c1ccc(Br)cc1C)C1CCC(C)C(C)C1. The summed E-state index contributed by atoms with van der Waals surface area (Å²) < 4.78 is 1.18. The molecule has 1 aliphatic carbocycles. The zero-order valence-electron chi connectivity index (χ0n) is 13.2. The van der Waals surface area contributed by atoms with E-state index < -0.39 is 0 Å². The van der Waals surface area contributed by atoms with E-state index in [4.69, 9.17) is 0 Å². The van der Waals surface area contributed by atoms with E-state index in [0.29, 0.717) is 6.04 Å². The van der Waals surface area contributed by atoms with Gasteiger partial charge in [-0.15, -0.1) is 0 Å². The van der Waals surface area contributed by atoms with E-state index in [0.717, 1.165) is 24.3 Å². The summed E-state index contributed by atoms with van der Waals surface area (Å²) in [7, 11) is 0. The average Bonchev–Trinajstić information content (AvgIpc) is 2.40. The highest BCUT2D eigenvalue weighted by molar-refractivity contribution is 9.10. The molecule has 1 nitrogen and oxygen atoms in total. The van der Waals surface area contributed by atoms with Gasteiger partial charge in [0, 0.05) is 10.5 Å². The first kappa shape index (κ1) is 16.0. The Balaban J connectivity index is 2.22. The van der Waals surface area contributed by atoms with Gasteiger partial charge in [0.2, 0.25) is 0 Å². The molecule has 112 valence electrons. The van der Waals surface area contributed by atoms with Gasteiger partial charge in [0.1, 0.15) is 0 Å². The van der Waals surface area contributed by atoms with Crippen LogP contribution in [0.1, 0.15) is 57.2 Å². The third kappa shape index (κ3) is 3.65. The van der Waals surface area contributed by atoms with Crippen LogP contribution >= 0.6 is 15.9 Å². The molecule has 0 spiro atoms. The van der Waals surface area contributed by atoms with Gasteiger partial charge in [-0.2, -0.15) is 0 Å². The van der Waals surface area contributed by atoms with Crippen molar-refractivity contribution in [2.24, 2.45) is 17.8 Å². The second-order valence-corrected chi connectivity index (χ2v) is 7.48. The number of benzene rings is 1. The maximum Gasteiger partial charge on any atom is 0.0351 e. The zero-order valence-corrected chi connectivity index (χ0v) is 14.8. The Hall–Kier alpha value is -0.340. The summed E-state index contributed by atoms with van der Waals surface area (Å²) in [4.78, 5) is 0. The molecule has 0 aliphatic heterocycles. The van der Waals surface area contributed by atoms with Crippen molar-refractivity contribution in [3.63, 3.8) is 0 Å². The number of rotatable bonds is 4. The Morgan fingerprint density at radius 3 is 2.60 bits per heavy atom. The van der Waals surface area contributed by atoms with Crippen LogP contribution in [0.5, 0.6) is 0 Å². The molecule has 0 bridgehead atoms. The number of hydrogen-bond donors (Lipinski definition) is 1. The van der Waals surface area contributed by atoms with Crippen LogP contribution in [-0.2, 0) is 0 Å². The van der Waals surface area contributed by atoms with E-state index in [1.54, 1.807) is 0 Å². The van der Waals surface area contributed by atoms with Gasteiger partial charge in [0.25, 0.3) is 0 Å². The molecule has 1 aromatic rings. The first-order valence-corrected chi connectivity index (χ1v) is 8.81. The molecule has 4 atom stereocenters. The van der Waals surface area contributed by atoms with Gasteiger partial charge >= 0.3 is 0 Å². The molecule has 2 heteroatoms. The Morgan fingerprint density at radius 2 is 2.00 bits per heavy atom. The first-order valence-electron chi connectivity index (χ1n) is 8.02. The van der Waals surface area contributed by atoms with Crippen LogP contribution in [0.25, 0.3) is 0 Å². The first-order chi connectivity index (χ1) is 9.52. The number of hydrogen-bond acceptors (Lipinski definition) is 1. The molecular weight excluding hydrogens is 310 g/mol. The Kier molecular flexibility index (Phi) is 5.68. The largest absolute Gasteiger partial charge is 0.310 e. The van der Waals surface area contributed by atoms with Crippen LogP contribution in [0.15, 0.2) is 22.7 Å². The summed E-state index contributed by atoms with van der Waals surface area (Å²) >= 11 is 3.58. The fraction of sp³-hybridized carbons (Fsp3) is 0.667. The van der Waals surface area contributed by atoms with Crippen LogP contribution < -0.4 is 5.32 Å². The number of aryl methyl sites for hydroxylation is 1. The van der Waals surface area contributed by atoms with Crippen LogP contribution in [0.2, 0.25) is 0 Å². The summed E-state index contributed by atoms with van der Waals surface area (Å²) in [5, 5.41) is 3.75. The second-order valence-electron chi connectivity index (χ2n) is 6.56. The minimum absolute atomic E-state index is 0.517. The molecule has 1 saturated carbocycles. The average molecular weight is 338 g/mol. The van der Waals surface area contributed by atoms with Gasteiger partial charge in [-0.25, -0.2) is 0 Å². The minimum atomic E-state index is 0.517. The van der Waals surface area contributed by atoms with Crippen molar-refractivity contribution < 1.29 is 0 Å². The molecule has 1 aliphatic rings. The van der Waals surface area contributed by atoms with Crippen molar-refractivity contribution in [1.82, 2.24) is 5.32 Å². The van der Waals surface area contributed by atoms with Crippen molar-refractivity contribution in [2.75, 3.05) is 6.54 Å². The Morgan fingerprint density at radius 1 is 1.25 bits per heavy atom. The normalized spacial score (nSPS) is 28.4. The molecule has 20 heavy (non-hydrogen) atoms. The molecule has 1 N–H and O–H groups in total. The maximum absolute atomic E-state index is 3.75.